The summed E-state index contributed by atoms with van der Waals surface area (Å²) in [5.74, 6) is 0.507. The first-order valence-electron chi connectivity index (χ1n) is 7.67. The van der Waals surface area contributed by atoms with Crippen LogP contribution in [0.15, 0.2) is 12.4 Å². The highest BCUT2D eigenvalue weighted by Gasteiger charge is 2.23. The Bertz CT molecular complexity index is 509. The van der Waals surface area contributed by atoms with Crippen molar-refractivity contribution in [1.29, 1.82) is 0 Å². The van der Waals surface area contributed by atoms with Crippen molar-refractivity contribution in [2.24, 2.45) is 5.73 Å². The molecule has 0 aromatic carbocycles. The summed E-state index contributed by atoms with van der Waals surface area (Å²) >= 11 is 0. The molecule has 120 valence electrons. The maximum Gasteiger partial charge on any atom is 0.254 e. The van der Waals surface area contributed by atoms with Gasteiger partial charge in [-0.25, -0.2) is 9.97 Å². The van der Waals surface area contributed by atoms with Crippen molar-refractivity contribution in [2.75, 3.05) is 6.54 Å². The minimum absolute atomic E-state index is 0.00629. The number of aryl methyl sites for hydroxylation is 1. The zero-order valence-corrected chi connectivity index (χ0v) is 12.8. The van der Waals surface area contributed by atoms with E-state index in [-0.39, 0.29) is 23.9 Å². The molecular weight excluding hydrogens is 282 g/mol. The maximum atomic E-state index is 12.1. The van der Waals surface area contributed by atoms with Crippen LogP contribution in [0.5, 0.6) is 0 Å². The highest BCUT2D eigenvalue weighted by atomic mass is 16.2. The average Bonchev–Trinajstić information content (AvgIpc) is 2.50. The molecule has 0 aliphatic heterocycles. The molecule has 1 aromatic heterocycles. The molecule has 2 rings (SSSR count). The smallest absolute Gasteiger partial charge is 0.254 e. The van der Waals surface area contributed by atoms with Gasteiger partial charge in [0.1, 0.15) is 5.82 Å². The summed E-state index contributed by atoms with van der Waals surface area (Å²) in [6.07, 6.45) is 6.88. The molecule has 0 saturated heterocycles. The lowest BCUT2D eigenvalue weighted by Gasteiger charge is -2.29. The topological polar surface area (TPSA) is 110 Å². The molecule has 1 aromatic rings. The van der Waals surface area contributed by atoms with E-state index in [0.29, 0.717) is 24.4 Å². The zero-order chi connectivity index (χ0) is 15.9. The zero-order valence-electron chi connectivity index (χ0n) is 12.8. The van der Waals surface area contributed by atoms with E-state index in [1.165, 1.54) is 12.4 Å². The normalized spacial score (nSPS) is 21.2. The number of nitrogens with two attached hydrogens (primary N) is 1. The van der Waals surface area contributed by atoms with Gasteiger partial charge in [-0.15, -0.1) is 0 Å². The van der Waals surface area contributed by atoms with Crippen LogP contribution in [0.3, 0.4) is 0 Å². The molecule has 1 saturated carbocycles. The Labute approximate surface area is 130 Å². The molecular formula is C15H23N5O2. The second-order valence-corrected chi connectivity index (χ2v) is 5.65. The molecule has 0 radical (unpaired) electrons. The van der Waals surface area contributed by atoms with Crippen molar-refractivity contribution in [3.05, 3.63) is 23.8 Å². The van der Waals surface area contributed by atoms with Gasteiger partial charge in [0.15, 0.2) is 0 Å². The van der Waals surface area contributed by atoms with Gasteiger partial charge in [0.05, 0.1) is 5.56 Å². The predicted octanol–water partition coefficient (Wildman–Crippen LogP) is 0.291. The third-order valence-corrected chi connectivity index (χ3v) is 3.84. The van der Waals surface area contributed by atoms with Gasteiger partial charge in [-0.2, -0.15) is 0 Å². The van der Waals surface area contributed by atoms with E-state index in [1.54, 1.807) is 6.92 Å². The predicted molar refractivity (Wildman–Crippen MR) is 82.1 cm³/mol. The number of hydrogen-bond donors (Lipinski definition) is 3. The van der Waals surface area contributed by atoms with Gasteiger partial charge in [-0.05, 0) is 32.6 Å². The SMILES string of the molecule is Cc1ncc(C(=O)NC2CCC(NC(=O)CCN)CC2)cn1. The molecule has 1 fully saturated rings. The summed E-state index contributed by atoms with van der Waals surface area (Å²) in [7, 11) is 0. The van der Waals surface area contributed by atoms with Crippen molar-refractivity contribution in [2.45, 2.75) is 51.1 Å². The van der Waals surface area contributed by atoms with E-state index in [9.17, 15) is 9.59 Å². The minimum Gasteiger partial charge on any atom is -0.353 e. The van der Waals surface area contributed by atoms with E-state index in [1.807, 2.05) is 0 Å². The van der Waals surface area contributed by atoms with Gasteiger partial charge in [0.2, 0.25) is 5.91 Å². The van der Waals surface area contributed by atoms with Crippen molar-refractivity contribution in [1.82, 2.24) is 20.6 Å². The third kappa shape index (κ3) is 4.77. The Balaban J connectivity index is 1.76. The van der Waals surface area contributed by atoms with Crippen LogP contribution in [0.1, 0.15) is 48.3 Å². The Morgan fingerprint density at radius 3 is 2.23 bits per heavy atom. The van der Waals surface area contributed by atoms with Crippen molar-refractivity contribution in [3.63, 3.8) is 0 Å². The highest BCUT2D eigenvalue weighted by Crippen LogP contribution is 2.19. The number of nitrogens with one attached hydrogen (secondary N) is 2. The summed E-state index contributed by atoms with van der Waals surface area (Å²) in [6, 6.07) is 0.325. The molecule has 0 bridgehead atoms. The Kier molecular flexibility index (Phi) is 5.83. The second-order valence-electron chi connectivity index (χ2n) is 5.65. The molecule has 7 heteroatoms. The molecule has 1 aliphatic carbocycles. The van der Waals surface area contributed by atoms with Crippen LogP contribution in [0.2, 0.25) is 0 Å². The monoisotopic (exact) mass is 305 g/mol. The molecule has 0 atom stereocenters. The van der Waals surface area contributed by atoms with E-state index in [4.69, 9.17) is 5.73 Å². The van der Waals surface area contributed by atoms with Crippen LogP contribution in [0.25, 0.3) is 0 Å². The first kappa shape index (κ1) is 16.4. The second kappa shape index (κ2) is 7.84. The van der Waals surface area contributed by atoms with Gasteiger partial charge in [0.25, 0.3) is 5.91 Å². The Morgan fingerprint density at radius 1 is 1.14 bits per heavy atom. The largest absolute Gasteiger partial charge is 0.353 e. The summed E-state index contributed by atoms with van der Waals surface area (Å²) in [4.78, 5) is 31.7. The van der Waals surface area contributed by atoms with Crippen LogP contribution >= 0.6 is 0 Å². The fraction of sp³-hybridized carbons (Fsp3) is 0.600. The summed E-state index contributed by atoms with van der Waals surface area (Å²) in [6.45, 7) is 2.15. The first-order chi connectivity index (χ1) is 10.6. The fourth-order valence-corrected chi connectivity index (χ4v) is 2.59. The lowest BCUT2D eigenvalue weighted by molar-refractivity contribution is -0.121. The number of carbonyl (C=O) groups excluding carboxylic acids is 2. The van der Waals surface area contributed by atoms with Crippen LogP contribution in [0.4, 0.5) is 0 Å². The number of carbonyl (C=O) groups is 2. The van der Waals surface area contributed by atoms with Crippen molar-refractivity contribution >= 4 is 11.8 Å². The van der Waals surface area contributed by atoms with Crippen LogP contribution < -0.4 is 16.4 Å². The average molecular weight is 305 g/mol. The van der Waals surface area contributed by atoms with E-state index >= 15 is 0 Å². The molecule has 0 unspecified atom stereocenters. The minimum atomic E-state index is -0.143. The lowest BCUT2D eigenvalue weighted by Crippen LogP contribution is -2.44. The Morgan fingerprint density at radius 2 is 1.68 bits per heavy atom. The summed E-state index contributed by atoms with van der Waals surface area (Å²) in [5.41, 5.74) is 5.83. The fourth-order valence-electron chi connectivity index (χ4n) is 2.59. The Hall–Kier alpha value is -2.02. The van der Waals surface area contributed by atoms with Gasteiger partial charge < -0.3 is 16.4 Å². The third-order valence-electron chi connectivity index (χ3n) is 3.84. The first-order valence-corrected chi connectivity index (χ1v) is 7.67. The van der Waals surface area contributed by atoms with Gasteiger partial charge in [-0.1, -0.05) is 0 Å². The van der Waals surface area contributed by atoms with E-state index in [0.717, 1.165) is 25.7 Å². The number of nitrogens with zero attached hydrogens (tertiary/aromatic N) is 2. The molecule has 4 N–H and O–H groups in total. The number of hydrogen-bond acceptors (Lipinski definition) is 5. The summed E-state index contributed by atoms with van der Waals surface area (Å²) < 4.78 is 0. The van der Waals surface area contributed by atoms with E-state index in [2.05, 4.69) is 20.6 Å². The molecule has 1 heterocycles. The number of amides is 2. The molecule has 7 nitrogen and oxygen atoms in total. The highest BCUT2D eigenvalue weighted by molar-refractivity contribution is 5.93. The lowest BCUT2D eigenvalue weighted by atomic mass is 9.91. The maximum absolute atomic E-state index is 12.1. The van der Waals surface area contributed by atoms with Gasteiger partial charge in [-0.3, -0.25) is 9.59 Å². The van der Waals surface area contributed by atoms with Crippen LogP contribution in [0, 0.1) is 6.92 Å². The number of rotatable bonds is 5. The summed E-state index contributed by atoms with van der Waals surface area (Å²) in [5, 5.41) is 5.98. The van der Waals surface area contributed by atoms with Crippen LogP contribution in [-0.2, 0) is 4.79 Å². The van der Waals surface area contributed by atoms with Gasteiger partial charge in [0, 0.05) is 37.4 Å². The number of aromatic nitrogens is 2. The van der Waals surface area contributed by atoms with Gasteiger partial charge >= 0.3 is 0 Å². The van der Waals surface area contributed by atoms with Crippen molar-refractivity contribution < 1.29 is 9.59 Å². The molecule has 1 aliphatic rings. The van der Waals surface area contributed by atoms with Crippen LogP contribution in [-0.4, -0.2) is 40.4 Å². The molecule has 0 spiro atoms. The van der Waals surface area contributed by atoms with E-state index < -0.39 is 0 Å². The standard InChI is InChI=1S/C15H23N5O2/c1-10-17-8-11(9-18-10)15(22)20-13-4-2-12(3-5-13)19-14(21)6-7-16/h8-9,12-13H,2-7,16H2,1H3,(H,19,21)(H,20,22). The molecule has 22 heavy (non-hydrogen) atoms. The molecule has 2 amide bonds. The quantitative estimate of drug-likeness (QED) is 0.724. The van der Waals surface area contributed by atoms with Crippen molar-refractivity contribution in [3.8, 4) is 0 Å².